The largest absolute Gasteiger partial charge is 0.494 e. The van der Waals surface area contributed by atoms with Crippen LogP contribution in [0.15, 0.2) is 60.4 Å². The van der Waals surface area contributed by atoms with Crippen molar-refractivity contribution in [3.63, 3.8) is 0 Å². The summed E-state index contributed by atoms with van der Waals surface area (Å²) in [5.41, 5.74) is 2.61. The number of hydrogen-bond acceptors (Lipinski definition) is 1. The van der Waals surface area contributed by atoms with E-state index in [1.807, 2.05) is 0 Å². The molecule has 3 unspecified atom stereocenters. The molecule has 0 saturated carbocycles. The highest BCUT2D eigenvalue weighted by atomic mass is 16.5. The van der Waals surface area contributed by atoms with Gasteiger partial charge in [-0.05, 0) is 30.1 Å². The first-order valence-electron chi connectivity index (χ1n) is 7.20. The van der Waals surface area contributed by atoms with Crippen molar-refractivity contribution in [1.82, 2.24) is 0 Å². The van der Waals surface area contributed by atoms with Gasteiger partial charge in [0.1, 0.15) is 11.9 Å². The topological polar surface area (TPSA) is 9.23 Å². The molecule has 1 aromatic carbocycles. The Morgan fingerprint density at radius 3 is 2.68 bits per heavy atom. The average Bonchev–Trinajstić information content (AvgIpc) is 2.86. The van der Waals surface area contributed by atoms with Crippen molar-refractivity contribution in [2.45, 2.75) is 25.4 Å². The van der Waals surface area contributed by atoms with Crippen molar-refractivity contribution in [1.29, 1.82) is 0 Å². The van der Waals surface area contributed by atoms with Crippen molar-refractivity contribution in [3.05, 3.63) is 66.0 Å². The smallest absolute Gasteiger partial charge is 0.105 e. The van der Waals surface area contributed by atoms with E-state index in [1.165, 1.54) is 23.3 Å². The first-order valence-corrected chi connectivity index (χ1v) is 7.20. The van der Waals surface area contributed by atoms with Crippen LogP contribution in [0, 0.1) is 11.8 Å². The van der Waals surface area contributed by atoms with Crippen LogP contribution in [0.3, 0.4) is 0 Å². The number of ether oxygens (including phenoxy) is 1. The normalized spacial score (nSPS) is 31.9. The highest BCUT2D eigenvalue weighted by molar-refractivity contribution is 5.75. The van der Waals surface area contributed by atoms with Gasteiger partial charge < -0.3 is 4.74 Å². The third kappa shape index (κ3) is 1.85. The van der Waals surface area contributed by atoms with Gasteiger partial charge in [-0.1, -0.05) is 48.6 Å². The van der Waals surface area contributed by atoms with Gasteiger partial charge in [-0.15, -0.1) is 0 Å². The molecule has 96 valence electrons. The third-order valence-corrected chi connectivity index (χ3v) is 4.59. The van der Waals surface area contributed by atoms with E-state index in [2.05, 4.69) is 54.6 Å². The molecule has 1 saturated heterocycles. The second-order valence-electron chi connectivity index (χ2n) is 5.68. The molecule has 1 nitrogen and oxygen atoms in total. The van der Waals surface area contributed by atoms with E-state index in [9.17, 15) is 0 Å². The van der Waals surface area contributed by atoms with Crippen LogP contribution in [0.2, 0.25) is 0 Å². The fraction of sp³-hybridized carbons (Fsp3) is 0.333. The zero-order valence-corrected chi connectivity index (χ0v) is 11.0. The Morgan fingerprint density at radius 2 is 1.79 bits per heavy atom. The molecule has 0 aromatic heterocycles. The Morgan fingerprint density at radius 1 is 0.947 bits per heavy atom. The third-order valence-electron chi connectivity index (χ3n) is 4.59. The van der Waals surface area contributed by atoms with Crippen molar-refractivity contribution in [2.24, 2.45) is 11.8 Å². The lowest BCUT2D eigenvalue weighted by Crippen LogP contribution is -2.21. The van der Waals surface area contributed by atoms with Crippen LogP contribution in [-0.4, -0.2) is 6.10 Å². The molecule has 3 aliphatic rings. The Kier molecular flexibility index (Phi) is 2.58. The molecule has 19 heavy (non-hydrogen) atoms. The van der Waals surface area contributed by atoms with E-state index >= 15 is 0 Å². The van der Waals surface area contributed by atoms with Gasteiger partial charge in [0.15, 0.2) is 0 Å². The predicted octanol–water partition coefficient (Wildman–Crippen LogP) is 4.34. The van der Waals surface area contributed by atoms with Gasteiger partial charge in [0.25, 0.3) is 0 Å². The molecule has 0 amide bonds. The van der Waals surface area contributed by atoms with E-state index in [-0.39, 0.29) is 0 Å². The molecule has 4 rings (SSSR count). The molecule has 0 radical (unpaired) electrons. The lowest BCUT2D eigenvalue weighted by atomic mass is 9.78. The summed E-state index contributed by atoms with van der Waals surface area (Å²) in [6, 6.07) is 10.6. The quantitative estimate of drug-likeness (QED) is 0.674. The maximum atomic E-state index is 6.19. The van der Waals surface area contributed by atoms with Crippen LogP contribution in [0.1, 0.15) is 24.8 Å². The van der Waals surface area contributed by atoms with Crippen LogP contribution < -0.4 is 0 Å². The second kappa shape index (κ2) is 4.41. The van der Waals surface area contributed by atoms with E-state index in [0.717, 1.165) is 12.8 Å². The number of rotatable bonds is 1. The van der Waals surface area contributed by atoms with E-state index in [1.54, 1.807) is 0 Å². The zero-order valence-electron chi connectivity index (χ0n) is 11.0. The minimum Gasteiger partial charge on any atom is -0.494 e. The minimum atomic E-state index is 0.421. The van der Waals surface area contributed by atoms with Crippen molar-refractivity contribution >= 4 is 5.57 Å². The van der Waals surface area contributed by atoms with Gasteiger partial charge in [0, 0.05) is 18.3 Å². The van der Waals surface area contributed by atoms with Crippen LogP contribution >= 0.6 is 0 Å². The molecule has 1 fully saturated rings. The maximum Gasteiger partial charge on any atom is 0.105 e. The fourth-order valence-electron chi connectivity index (χ4n) is 3.57. The number of fused-ring (bicyclic) bond motifs is 3. The van der Waals surface area contributed by atoms with Gasteiger partial charge in [0.2, 0.25) is 0 Å². The van der Waals surface area contributed by atoms with Crippen LogP contribution in [-0.2, 0) is 4.74 Å². The summed E-state index contributed by atoms with van der Waals surface area (Å²) in [6.07, 6.45) is 13.1. The number of hydrogen-bond donors (Lipinski definition) is 0. The van der Waals surface area contributed by atoms with Crippen molar-refractivity contribution in [2.75, 3.05) is 0 Å². The van der Waals surface area contributed by atoms with Gasteiger partial charge in [-0.2, -0.15) is 0 Å². The zero-order chi connectivity index (χ0) is 12.7. The van der Waals surface area contributed by atoms with Crippen LogP contribution in [0.4, 0.5) is 0 Å². The SMILES string of the molecule is C1=CCC2C(C1)OC1=CC(c3ccccc3)=CCC12. The molecule has 0 bridgehead atoms. The first kappa shape index (κ1) is 11.1. The molecule has 1 heterocycles. The first-order chi connectivity index (χ1) is 9.42. The highest BCUT2D eigenvalue weighted by Crippen LogP contribution is 2.46. The second-order valence-corrected chi connectivity index (χ2v) is 5.68. The number of benzene rings is 1. The molecule has 2 aliphatic carbocycles. The Bertz CT molecular complexity index is 565. The van der Waals surface area contributed by atoms with Gasteiger partial charge in [0.05, 0.1) is 0 Å². The van der Waals surface area contributed by atoms with Crippen molar-refractivity contribution < 1.29 is 4.74 Å². The molecule has 0 N–H and O–H groups in total. The molecule has 0 spiro atoms. The Balaban J connectivity index is 1.63. The van der Waals surface area contributed by atoms with Crippen LogP contribution in [0.25, 0.3) is 5.57 Å². The summed E-state index contributed by atoms with van der Waals surface area (Å²) < 4.78 is 6.19. The fourth-order valence-corrected chi connectivity index (χ4v) is 3.57. The summed E-state index contributed by atoms with van der Waals surface area (Å²) >= 11 is 0. The Hall–Kier alpha value is -1.76. The maximum absolute atomic E-state index is 6.19. The van der Waals surface area contributed by atoms with Crippen molar-refractivity contribution in [3.8, 4) is 0 Å². The minimum absolute atomic E-state index is 0.421. The molecular weight excluding hydrogens is 232 g/mol. The Labute approximate surface area is 114 Å². The standard InChI is InChI=1S/C18H18O/c1-2-6-13(7-3-1)14-10-11-16-15-8-4-5-9-17(15)19-18(16)12-14/h1-7,10,12,15-17H,8-9,11H2. The summed E-state index contributed by atoms with van der Waals surface area (Å²) in [7, 11) is 0. The molecule has 1 aromatic rings. The predicted molar refractivity (Wildman–Crippen MR) is 77.3 cm³/mol. The molecule has 1 heteroatoms. The van der Waals surface area contributed by atoms with E-state index < -0.39 is 0 Å². The highest BCUT2D eigenvalue weighted by Gasteiger charge is 2.41. The van der Waals surface area contributed by atoms with Gasteiger partial charge in [-0.25, -0.2) is 0 Å². The molecular formula is C18H18O. The summed E-state index contributed by atoms with van der Waals surface area (Å²) in [6.45, 7) is 0. The summed E-state index contributed by atoms with van der Waals surface area (Å²) in [5.74, 6) is 2.53. The van der Waals surface area contributed by atoms with Gasteiger partial charge >= 0.3 is 0 Å². The lowest BCUT2D eigenvalue weighted by molar-refractivity contribution is 0.129. The molecule has 1 aliphatic heterocycles. The summed E-state index contributed by atoms with van der Waals surface area (Å²) in [4.78, 5) is 0. The summed E-state index contributed by atoms with van der Waals surface area (Å²) in [5, 5.41) is 0. The van der Waals surface area contributed by atoms with E-state index in [4.69, 9.17) is 4.74 Å². The van der Waals surface area contributed by atoms with E-state index in [0.29, 0.717) is 17.9 Å². The lowest BCUT2D eigenvalue weighted by Gasteiger charge is -2.22. The van der Waals surface area contributed by atoms with Crippen LogP contribution in [0.5, 0.6) is 0 Å². The average molecular weight is 250 g/mol. The number of allylic oxidation sites excluding steroid dienone is 5. The molecule has 3 atom stereocenters. The van der Waals surface area contributed by atoms with Gasteiger partial charge in [-0.3, -0.25) is 0 Å². The monoisotopic (exact) mass is 250 g/mol.